The van der Waals surface area contributed by atoms with Crippen LogP contribution in [0, 0.1) is 11.8 Å². The van der Waals surface area contributed by atoms with Gasteiger partial charge in [-0.15, -0.1) is 23.1 Å². The first-order valence-electron chi connectivity index (χ1n) is 14.8. The van der Waals surface area contributed by atoms with Crippen molar-refractivity contribution in [1.29, 1.82) is 0 Å². The second kappa shape index (κ2) is 12.5. The minimum absolute atomic E-state index is 0.0599. The van der Waals surface area contributed by atoms with Gasteiger partial charge in [-0.1, -0.05) is 48.1 Å². The Bertz CT molecular complexity index is 1440. The largest absolute Gasteiger partial charge is 0.336 e. The molecule has 4 unspecified atom stereocenters. The van der Waals surface area contributed by atoms with E-state index in [9.17, 15) is 14.4 Å². The van der Waals surface area contributed by atoms with Gasteiger partial charge in [-0.2, -0.15) is 0 Å². The van der Waals surface area contributed by atoms with Crippen molar-refractivity contribution < 1.29 is 14.4 Å². The van der Waals surface area contributed by atoms with E-state index in [0.717, 1.165) is 24.0 Å². The molecule has 0 radical (unpaired) electrons. The van der Waals surface area contributed by atoms with Gasteiger partial charge in [0.25, 0.3) is 0 Å². The first-order valence-corrected chi connectivity index (χ1v) is 16.6. The number of ketones is 1. The molecule has 1 aliphatic carbocycles. The van der Waals surface area contributed by atoms with Gasteiger partial charge in [-0.25, -0.2) is 0 Å². The predicted molar refractivity (Wildman–Crippen MR) is 170 cm³/mol. The van der Waals surface area contributed by atoms with Crippen LogP contribution in [-0.2, 0) is 20.8 Å². The van der Waals surface area contributed by atoms with E-state index in [1.54, 1.807) is 23.1 Å². The van der Waals surface area contributed by atoms with Crippen LogP contribution in [0.5, 0.6) is 0 Å². The Morgan fingerprint density at radius 3 is 2.69 bits per heavy atom. The maximum atomic E-state index is 14.0. The van der Waals surface area contributed by atoms with Gasteiger partial charge in [0, 0.05) is 41.2 Å². The molecule has 1 aromatic carbocycles. The van der Waals surface area contributed by atoms with Crippen molar-refractivity contribution in [3.8, 4) is 0 Å². The Labute approximate surface area is 255 Å². The number of thiophene rings is 1. The highest BCUT2D eigenvalue weighted by Crippen LogP contribution is 2.43. The van der Waals surface area contributed by atoms with Gasteiger partial charge in [0.2, 0.25) is 11.8 Å². The highest BCUT2D eigenvalue weighted by atomic mass is 32.2. The van der Waals surface area contributed by atoms with E-state index in [0.29, 0.717) is 37.4 Å². The van der Waals surface area contributed by atoms with Crippen LogP contribution in [-0.4, -0.2) is 59.7 Å². The molecule has 0 spiro atoms. The molecule has 2 amide bonds. The molecule has 4 heterocycles. The summed E-state index contributed by atoms with van der Waals surface area (Å²) >= 11 is 3.45. The molecule has 6 atom stereocenters. The number of benzene rings is 1. The van der Waals surface area contributed by atoms with E-state index in [4.69, 9.17) is 5.73 Å². The van der Waals surface area contributed by atoms with Gasteiger partial charge < -0.3 is 27.0 Å². The quantitative estimate of drug-likeness (QED) is 0.196. The Balaban J connectivity index is 1.18. The Morgan fingerprint density at radius 2 is 1.88 bits per heavy atom. The maximum absolute atomic E-state index is 14.0. The first-order chi connectivity index (χ1) is 20.3. The molecule has 0 bridgehead atoms. The molecule has 4 aliphatic rings. The van der Waals surface area contributed by atoms with E-state index >= 15 is 0 Å². The smallest absolute Gasteiger partial charge is 0.225 e. The number of nitrogens with two attached hydrogens (primary N) is 1. The van der Waals surface area contributed by atoms with Crippen molar-refractivity contribution in [1.82, 2.24) is 21.3 Å². The van der Waals surface area contributed by atoms with Gasteiger partial charge >= 0.3 is 0 Å². The van der Waals surface area contributed by atoms with Crippen LogP contribution in [0.4, 0.5) is 0 Å². The summed E-state index contributed by atoms with van der Waals surface area (Å²) < 4.78 is 1.18. The number of Topliss-reactive ketones (excluding diaryl/α,β-unsaturated/α-hetero) is 1. The topological polar surface area (TPSA) is 135 Å². The number of allylic oxidation sites excluding steroid dienone is 4. The zero-order valence-electron chi connectivity index (χ0n) is 23.8. The zero-order valence-corrected chi connectivity index (χ0v) is 25.4. The van der Waals surface area contributed by atoms with E-state index < -0.39 is 11.7 Å². The minimum atomic E-state index is -0.813. The average Bonchev–Trinajstić information content (AvgIpc) is 3.44. The second-order valence-electron chi connectivity index (χ2n) is 12.0. The summed E-state index contributed by atoms with van der Waals surface area (Å²) in [4.78, 5) is 39.5. The first kappa shape index (κ1) is 29.3. The van der Waals surface area contributed by atoms with Crippen LogP contribution in [0.3, 0.4) is 0 Å². The molecule has 222 valence electrons. The molecule has 3 aliphatic heterocycles. The standard InChI is InChI=1S/C32H39N5O3S2/c1-19(38)35-28(16-22-18-42-27-9-5-3-7-24(22)27)37-31(40)20(14-21-17-41-26-8-4-2-6-23(21)26)15-25-29(36-25)30(39)32(33)10-12-34-13-11-32/h2-9,17-18,20,23,25-26,28-29,34,36H,10-16,33H2,1H3,(H,35,38)(H,37,40)/t20-,23?,25?,26?,28+,29?/m0/s1. The lowest BCUT2D eigenvalue weighted by atomic mass is 9.81. The van der Waals surface area contributed by atoms with Crippen molar-refractivity contribution >= 4 is 50.8 Å². The summed E-state index contributed by atoms with van der Waals surface area (Å²) in [7, 11) is 0. The summed E-state index contributed by atoms with van der Waals surface area (Å²) in [5, 5.41) is 18.5. The highest BCUT2D eigenvalue weighted by Gasteiger charge is 2.51. The lowest BCUT2D eigenvalue weighted by Crippen LogP contribution is -2.56. The lowest BCUT2D eigenvalue weighted by molar-refractivity contribution is -0.127. The monoisotopic (exact) mass is 605 g/mol. The van der Waals surface area contributed by atoms with Crippen LogP contribution in [0.2, 0.25) is 0 Å². The fraction of sp³-hybridized carbons (Fsp3) is 0.469. The highest BCUT2D eigenvalue weighted by molar-refractivity contribution is 8.03. The minimum Gasteiger partial charge on any atom is -0.336 e. The number of fused-ring (bicyclic) bond motifs is 2. The average molecular weight is 606 g/mol. The number of carbonyl (C=O) groups excluding carboxylic acids is 3. The molecule has 2 aromatic rings. The van der Waals surface area contributed by atoms with E-state index in [2.05, 4.69) is 68.5 Å². The SMILES string of the molecule is CC(=O)N[C@@H](Cc1csc2ccccc12)NC(=O)[C@@H](CC1=CSC2C=CC=CC12)CC1NC1C(=O)C1(N)CCNCC1. The van der Waals surface area contributed by atoms with Crippen molar-refractivity contribution in [3.63, 3.8) is 0 Å². The van der Waals surface area contributed by atoms with Gasteiger partial charge in [0.15, 0.2) is 5.78 Å². The summed E-state index contributed by atoms with van der Waals surface area (Å²) in [5.74, 6) is -0.336. The van der Waals surface area contributed by atoms with Gasteiger partial charge in [-0.3, -0.25) is 14.4 Å². The Kier molecular flexibility index (Phi) is 8.70. The molecule has 0 saturated carbocycles. The van der Waals surface area contributed by atoms with Crippen molar-refractivity contribution in [2.75, 3.05) is 13.1 Å². The molecular weight excluding hydrogens is 567 g/mol. The van der Waals surface area contributed by atoms with Crippen LogP contribution < -0.4 is 27.0 Å². The fourth-order valence-corrected chi connectivity index (χ4v) is 8.68. The molecular formula is C32H39N5O3S2. The van der Waals surface area contributed by atoms with Gasteiger partial charge in [-0.05, 0) is 66.6 Å². The summed E-state index contributed by atoms with van der Waals surface area (Å²) in [6.45, 7) is 2.95. The molecule has 2 saturated heterocycles. The Hall–Kier alpha value is -2.76. The number of amides is 2. The third-order valence-electron chi connectivity index (χ3n) is 8.92. The third-order valence-corrected chi connectivity index (χ3v) is 11.1. The normalized spacial score (nSPS) is 27.1. The number of hydrogen-bond acceptors (Lipinski definition) is 8. The number of hydrogen-bond donors (Lipinski definition) is 5. The van der Waals surface area contributed by atoms with Crippen LogP contribution in [0.1, 0.15) is 38.2 Å². The summed E-state index contributed by atoms with van der Waals surface area (Å²) in [6, 6.07) is 7.77. The Morgan fingerprint density at radius 1 is 1.10 bits per heavy atom. The lowest BCUT2D eigenvalue weighted by Gasteiger charge is -2.32. The molecule has 6 N–H and O–H groups in total. The van der Waals surface area contributed by atoms with Gasteiger partial charge in [0.05, 0.1) is 11.6 Å². The predicted octanol–water partition coefficient (Wildman–Crippen LogP) is 3.15. The maximum Gasteiger partial charge on any atom is 0.225 e. The molecule has 1 aromatic heterocycles. The number of nitrogens with one attached hydrogen (secondary N) is 4. The molecule has 8 nitrogen and oxygen atoms in total. The van der Waals surface area contributed by atoms with E-state index in [1.165, 1.54) is 17.2 Å². The van der Waals surface area contributed by atoms with E-state index in [1.807, 2.05) is 12.1 Å². The van der Waals surface area contributed by atoms with Crippen molar-refractivity contribution in [2.24, 2.45) is 17.6 Å². The summed E-state index contributed by atoms with van der Waals surface area (Å²) in [6.07, 6.45) is 10.9. The van der Waals surface area contributed by atoms with Crippen molar-refractivity contribution in [3.05, 3.63) is 70.5 Å². The van der Waals surface area contributed by atoms with Gasteiger partial charge in [0.1, 0.15) is 6.17 Å². The summed E-state index contributed by atoms with van der Waals surface area (Å²) in [5.41, 5.74) is 8.06. The number of rotatable bonds is 11. The molecule has 42 heavy (non-hydrogen) atoms. The van der Waals surface area contributed by atoms with Crippen LogP contribution in [0.15, 0.2) is 64.9 Å². The van der Waals surface area contributed by atoms with Crippen LogP contribution >= 0.6 is 23.1 Å². The van der Waals surface area contributed by atoms with Crippen molar-refractivity contribution in [2.45, 2.75) is 68.1 Å². The second-order valence-corrected chi connectivity index (χ2v) is 13.9. The molecule has 2 fully saturated rings. The number of thioether (sulfide) groups is 1. The van der Waals surface area contributed by atoms with E-state index in [-0.39, 0.29) is 41.5 Å². The molecule has 6 rings (SSSR count). The van der Waals surface area contributed by atoms with Crippen LogP contribution in [0.25, 0.3) is 10.1 Å². The third kappa shape index (κ3) is 6.43. The number of carbonyl (C=O) groups is 3. The number of piperidine rings is 1. The zero-order chi connectivity index (χ0) is 29.3. The fourth-order valence-electron chi connectivity index (χ4n) is 6.50. The molecule has 10 heteroatoms.